The van der Waals surface area contributed by atoms with Crippen molar-refractivity contribution in [3.05, 3.63) is 24.7 Å². The summed E-state index contributed by atoms with van der Waals surface area (Å²) < 4.78 is 28.5. The zero-order chi connectivity index (χ0) is 26.8. The van der Waals surface area contributed by atoms with Crippen LogP contribution in [0, 0.1) is 5.92 Å². The van der Waals surface area contributed by atoms with Gasteiger partial charge in [0.1, 0.15) is 12.1 Å². The van der Waals surface area contributed by atoms with E-state index in [-0.39, 0.29) is 31.6 Å². The molecule has 1 saturated heterocycles. The van der Waals surface area contributed by atoms with Crippen LogP contribution in [0.1, 0.15) is 51.4 Å². The maximum Gasteiger partial charge on any atom is 0.328 e. The van der Waals surface area contributed by atoms with E-state index in [0.717, 1.165) is 26.2 Å². The van der Waals surface area contributed by atoms with Crippen LogP contribution >= 0.6 is 0 Å². The van der Waals surface area contributed by atoms with Gasteiger partial charge in [-0.2, -0.15) is 5.10 Å². The van der Waals surface area contributed by atoms with Gasteiger partial charge in [-0.1, -0.05) is 12.8 Å². The molecule has 11 nitrogen and oxygen atoms in total. The first kappa shape index (κ1) is 28.1. The van der Waals surface area contributed by atoms with E-state index in [1.165, 1.54) is 32.0 Å². The Kier molecular flexibility index (Phi) is 10.0. The lowest BCUT2D eigenvalue weighted by molar-refractivity contribution is -0.134. The van der Waals surface area contributed by atoms with E-state index in [9.17, 15) is 23.2 Å². The summed E-state index contributed by atoms with van der Waals surface area (Å²) in [6.45, 7) is 3.89. The van der Waals surface area contributed by atoms with E-state index < -0.39 is 23.8 Å². The minimum atomic E-state index is -2.65. The Morgan fingerprint density at radius 1 is 1.00 bits per heavy atom. The lowest BCUT2D eigenvalue weighted by Gasteiger charge is -2.27. The number of nitrogens with zero attached hydrogens (tertiary/aromatic N) is 5. The quantitative estimate of drug-likeness (QED) is 0.466. The second-order valence-electron chi connectivity index (χ2n) is 9.21. The van der Waals surface area contributed by atoms with Crippen molar-refractivity contribution < 1.29 is 33.4 Å². The standard InChI is InChI=1S/C20H28F2N6O.C4H4O4/c21-20(22)7-5-15(6-8-20)19(29)26-17-16-13-25-28(18(16)24-14-23-17)12-11-27-9-3-1-2-4-10-27;5-3(6)1-2-4(7)8/h13-15H,1-12H2,(H,23,24,26,29);1-2H,(H,5,6)(H,7,8). The molecule has 202 valence electrons. The molecule has 37 heavy (non-hydrogen) atoms. The molecular formula is C24H32F2N6O5. The molecule has 3 heterocycles. The predicted molar refractivity (Wildman–Crippen MR) is 130 cm³/mol. The fourth-order valence-electron chi connectivity index (χ4n) is 4.42. The average Bonchev–Trinajstić information content (AvgIpc) is 3.09. The minimum absolute atomic E-state index is 0.197. The van der Waals surface area contributed by atoms with Crippen LogP contribution < -0.4 is 5.32 Å². The van der Waals surface area contributed by atoms with Crippen LogP contribution in [0.15, 0.2) is 24.7 Å². The largest absolute Gasteiger partial charge is 0.478 e. The van der Waals surface area contributed by atoms with Gasteiger partial charge >= 0.3 is 11.9 Å². The number of carbonyl (C=O) groups excluding carboxylic acids is 1. The maximum absolute atomic E-state index is 13.3. The molecule has 1 amide bonds. The molecule has 13 heteroatoms. The van der Waals surface area contributed by atoms with Crippen LogP contribution in [-0.2, 0) is 20.9 Å². The van der Waals surface area contributed by atoms with Crippen molar-refractivity contribution in [3.8, 4) is 0 Å². The number of hydrogen-bond donors (Lipinski definition) is 3. The molecule has 4 rings (SSSR count). The van der Waals surface area contributed by atoms with Gasteiger partial charge in [0, 0.05) is 37.5 Å². The van der Waals surface area contributed by atoms with Gasteiger partial charge in [0.2, 0.25) is 11.8 Å². The molecule has 0 aromatic carbocycles. The third kappa shape index (κ3) is 8.85. The summed E-state index contributed by atoms with van der Waals surface area (Å²) in [6.07, 6.45) is 9.20. The van der Waals surface area contributed by atoms with E-state index in [1.54, 1.807) is 6.20 Å². The second kappa shape index (κ2) is 13.2. The van der Waals surface area contributed by atoms with Crippen molar-refractivity contribution in [3.63, 3.8) is 0 Å². The summed E-state index contributed by atoms with van der Waals surface area (Å²) in [5.74, 6) is -5.42. The number of carboxylic acid groups (broad SMARTS) is 2. The number of nitrogens with one attached hydrogen (secondary N) is 1. The summed E-state index contributed by atoms with van der Waals surface area (Å²) in [5, 5.41) is 23.6. The molecule has 0 atom stereocenters. The summed E-state index contributed by atoms with van der Waals surface area (Å²) in [7, 11) is 0. The Hall–Kier alpha value is -3.48. The normalized spacial score (nSPS) is 18.6. The van der Waals surface area contributed by atoms with E-state index >= 15 is 0 Å². The van der Waals surface area contributed by atoms with Crippen LogP contribution in [0.2, 0.25) is 0 Å². The summed E-state index contributed by atoms with van der Waals surface area (Å²) in [4.78, 5) is 42.6. The Bertz CT molecular complexity index is 1090. The van der Waals surface area contributed by atoms with Crippen molar-refractivity contribution in [2.24, 2.45) is 5.92 Å². The van der Waals surface area contributed by atoms with Crippen LogP contribution in [0.5, 0.6) is 0 Å². The fraction of sp³-hybridized carbons (Fsp3) is 0.583. The summed E-state index contributed by atoms with van der Waals surface area (Å²) >= 11 is 0. The molecule has 0 unspecified atom stereocenters. The van der Waals surface area contributed by atoms with E-state index in [0.29, 0.717) is 29.0 Å². The Morgan fingerprint density at radius 3 is 2.22 bits per heavy atom. The van der Waals surface area contributed by atoms with E-state index in [1.807, 2.05) is 4.68 Å². The van der Waals surface area contributed by atoms with Gasteiger partial charge in [-0.3, -0.25) is 4.79 Å². The number of fused-ring (bicyclic) bond motifs is 1. The molecule has 1 aliphatic heterocycles. The molecule has 0 spiro atoms. The molecule has 2 aliphatic rings. The molecule has 0 bridgehead atoms. The first-order chi connectivity index (χ1) is 17.6. The first-order valence-corrected chi connectivity index (χ1v) is 12.4. The van der Waals surface area contributed by atoms with Crippen LogP contribution in [0.3, 0.4) is 0 Å². The smallest absolute Gasteiger partial charge is 0.328 e. The average molecular weight is 523 g/mol. The van der Waals surface area contributed by atoms with Crippen LogP contribution in [-0.4, -0.2) is 78.3 Å². The second-order valence-corrected chi connectivity index (χ2v) is 9.21. The molecule has 3 N–H and O–H groups in total. The van der Waals surface area contributed by atoms with E-state index in [4.69, 9.17) is 10.2 Å². The topological polar surface area (TPSA) is 151 Å². The number of halogens is 2. The van der Waals surface area contributed by atoms with Gasteiger partial charge in [-0.05, 0) is 38.8 Å². The van der Waals surface area contributed by atoms with Gasteiger partial charge in [-0.25, -0.2) is 33.0 Å². The number of aromatic nitrogens is 4. The van der Waals surface area contributed by atoms with Gasteiger partial charge in [-0.15, -0.1) is 0 Å². The van der Waals surface area contributed by atoms with Gasteiger partial charge in [0.05, 0.1) is 18.1 Å². The van der Waals surface area contributed by atoms with Crippen molar-refractivity contribution in [1.29, 1.82) is 0 Å². The molecule has 2 aromatic rings. The van der Waals surface area contributed by atoms with Crippen molar-refractivity contribution in [2.45, 2.75) is 63.8 Å². The van der Waals surface area contributed by atoms with Gasteiger partial charge < -0.3 is 20.4 Å². The SMILES string of the molecule is O=C(Nc1ncnc2c1cnn2CCN1CCCCCC1)C1CCC(F)(F)CC1.O=C(O)C=CC(=O)O. The highest BCUT2D eigenvalue weighted by molar-refractivity contribution is 5.99. The Morgan fingerprint density at radius 2 is 1.62 bits per heavy atom. The number of likely N-dealkylation sites (tertiary alicyclic amines) is 1. The summed E-state index contributed by atoms with van der Waals surface area (Å²) in [5.41, 5.74) is 0.681. The van der Waals surface area contributed by atoms with Crippen molar-refractivity contribution in [2.75, 3.05) is 25.0 Å². The maximum atomic E-state index is 13.3. The highest BCUT2D eigenvalue weighted by atomic mass is 19.3. The number of rotatable bonds is 7. The minimum Gasteiger partial charge on any atom is -0.478 e. The van der Waals surface area contributed by atoms with Gasteiger partial charge in [0.15, 0.2) is 5.65 Å². The zero-order valence-electron chi connectivity index (χ0n) is 20.5. The van der Waals surface area contributed by atoms with Crippen molar-refractivity contribution >= 4 is 34.7 Å². The summed E-state index contributed by atoms with van der Waals surface area (Å²) in [6, 6.07) is 0. The Labute approximate surface area is 212 Å². The van der Waals surface area contributed by atoms with Crippen LogP contribution in [0.25, 0.3) is 11.0 Å². The third-order valence-corrected chi connectivity index (χ3v) is 6.46. The molecule has 1 saturated carbocycles. The van der Waals surface area contributed by atoms with E-state index in [2.05, 4.69) is 25.3 Å². The van der Waals surface area contributed by atoms with Gasteiger partial charge in [0.25, 0.3) is 0 Å². The number of amides is 1. The lowest BCUT2D eigenvalue weighted by Crippen LogP contribution is -2.32. The number of aliphatic carboxylic acids is 2. The molecular weight excluding hydrogens is 490 g/mol. The molecule has 1 aliphatic carbocycles. The predicted octanol–water partition coefficient (Wildman–Crippen LogP) is 3.18. The number of alkyl halides is 2. The number of carboxylic acids is 2. The Balaban J connectivity index is 0.000000414. The first-order valence-electron chi connectivity index (χ1n) is 12.4. The fourth-order valence-corrected chi connectivity index (χ4v) is 4.42. The van der Waals surface area contributed by atoms with Crippen LogP contribution in [0.4, 0.5) is 14.6 Å². The highest BCUT2D eigenvalue weighted by Crippen LogP contribution is 2.36. The lowest BCUT2D eigenvalue weighted by atomic mass is 9.86. The van der Waals surface area contributed by atoms with Crippen molar-refractivity contribution in [1.82, 2.24) is 24.6 Å². The monoisotopic (exact) mass is 522 g/mol. The highest BCUT2D eigenvalue weighted by Gasteiger charge is 2.37. The number of anilines is 1. The molecule has 0 radical (unpaired) electrons. The third-order valence-electron chi connectivity index (χ3n) is 6.46. The number of carbonyl (C=O) groups is 3. The molecule has 2 fully saturated rings. The zero-order valence-corrected chi connectivity index (χ0v) is 20.5. The number of hydrogen-bond acceptors (Lipinski definition) is 7. The molecule has 2 aromatic heterocycles.